The van der Waals surface area contributed by atoms with E-state index >= 15 is 0 Å². The summed E-state index contributed by atoms with van der Waals surface area (Å²) in [7, 11) is 1.61. The number of rotatable bonds is 1. The van der Waals surface area contributed by atoms with E-state index in [4.69, 9.17) is 22.7 Å². The van der Waals surface area contributed by atoms with Crippen LogP contribution >= 0.6 is 28.1 Å². The third-order valence-corrected chi connectivity index (χ3v) is 3.03. The van der Waals surface area contributed by atoms with Crippen molar-refractivity contribution in [1.29, 1.82) is 0 Å². The van der Waals surface area contributed by atoms with Gasteiger partial charge < -0.3 is 15.8 Å². The normalized spacial score (nSPS) is 18.4. The molecule has 0 radical (unpaired) electrons. The van der Waals surface area contributed by atoms with Gasteiger partial charge in [0.1, 0.15) is 11.9 Å². The molecule has 7 heteroatoms. The molecule has 1 heterocycles. The van der Waals surface area contributed by atoms with E-state index in [1.807, 2.05) is 6.07 Å². The number of amides is 1. The Balaban J connectivity index is 2.46. The Morgan fingerprint density at radius 2 is 2.35 bits per heavy atom. The Labute approximate surface area is 112 Å². The van der Waals surface area contributed by atoms with Crippen LogP contribution in [0.3, 0.4) is 0 Å². The molecule has 17 heavy (non-hydrogen) atoms. The predicted molar refractivity (Wildman–Crippen MR) is 70.6 cm³/mol. The molecule has 0 bridgehead atoms. The van der Waals surface area contributed by atoms with Crippen molar-refractivity contribution in [3.05, 3.63) is 28.2 Å². The van der Waals surface area contributed by atoms with Gasteiger partial charge in [0.15, 0.2) is 5.11 Å². The number of nitrogens with one attached hydrogen (secondary N) is 1. The zero-order valence-corrected chi connectivity index (χ0v) is 11.3. The second-order valence-electron chi connectivity index (χ2n) is 3.57. The lowest BCUT2D eigenvalue weighted by Gasteiger charge is -2.34. The number of ether oxygens (including phenoxy) is 1. The van der Waals surface area contributed by atoms with Crippen molar-refractivity contribution in [3.63, 3.8) is 0 Å². The number of halogens is 1. The van der Waals surface area contributed by atoms with Crippen molar-refractivity contribution in [3.8, 4) is 5.75 Å². The Morgan fingerprint density at radius 3 is 3.00 bits per heavy atom. The highest BCUT2D eigenvalue weighted by Crippen LogP contribution is 2.34. The van der Waals surface area contributed by atoms with E-state index in [1.165, 1.54) is 4.90 Å². The van der Waals surface area contributed by atoms with Gasteiger partial charge in [0.25, 0.3) is 0 Å². The third-order valence-electron chi connectivity index (χ3n) is 2.42. The molecule has 0 fully saturated rings. The minimum absolute atomic E-state index is 0.127. The Hall–Kier alpha value is -1.34. The van der Waals surface area contributed by atoms with Gasteiger partial charge in [0.2, 0.25) is 0 Å². The Morgan fingerprint density at radius 1 is 1.65 bits per heavy atom. The molecule has 1 aromatic carbocycles. The van der Waals surface area contributed by atoms with E-state index in [9.17, 15) is 4.79 Å². The summed E-state index contributed by atoms with van der Waals surface area (Å²) < 4.78 is 6.04. The number of carbonyl (C=O) groups is 1. The van der Waals surface area contributed by atoms with Crippen LogP contribution in [0.5, 0.6) is 5.75 Å². The largest absolute Gasteiger partial charge is 0.416 e. The second-order valence-corrected chi connectivity index (χ2v) is 4.93. The molecule has 0 saturated heterocycles. The summed E-state index contributed by atoms with van der Waals surface area (Å²) in [5.41, 5.74) is 6.26. The standard InChI is InChI=1S/C10H10BrN3O2S/c1-14-8(13-9(12)17)6-4-5(11)2-3-7(6)16-10(14)15/h2-4,8H,1H3,(H3,12,13,17). The number of hydrogen-bond donors (Lipinski definition) is 2. The molecular weight excluding hydrogens is 306 g/mol. The van der Waals surface area contributed by atoms with Crippen LogP contribution in [0.1, 0.15) is 11.7 Å². The lowest BCUT2D eigenvalue weighted by atomic mass is 10.1. The van der Waals surface area contributed by atoms with E-state index in [1.54, 1.807) is 19.2 Å². The molecule has 2 rings (SSSR count). The predicted octanol–water partition coefficient (Wildman–Crippen LogP) is 1.73. The average Bonchev–Trinajstić information content (AvgIpc) is 2.25. The van der Waals surface area contributed by atoms with Crippen LogP contribution in [0.25, 0.3) is 0 Å². The fourth-order valence-electron chi connectivity index (χ4n) is 1.62. The van der Waals surface area contributed by atoms with Gasteiger partial charge in [0, 0.05) is 17.1 Å². The van der Waals surface area contributed by atoms with Crippen LogP contribution in [0.15, 0.2) is 22.7 Å². The topological polar surface area (TPSA) is 67.6 Å². The van der Waals surface area contributed by atoms with Crippen LogP contribution in [0, 0.1) is 0 Å². The maximum atomic E-state index is 11.6. The van der Waals surface area contributed by atoms with Gasteiger partial charge in [-0.25, -0.2) is 4.79 Å². The first-order chi connectivity index (χ1) is 7.99. The van der Waals surface area contributed by atoms with Crippen molar-refractivity contribution in [2.75, 3.05) is 7.05 Å². The summed E-state index contributed by atoms with van der Waals surface area (Å²) in [5, 5.41) is 2.99. The van der Waals surface area contributed by atoms with Gasteiger partial charge in [0.05, 0.1) is 0 Å². The van der Waals surface area contributed by atoms with Gasteiger partial charge >= 0.3 is 6.09 Å². The molecule has 0 spiro atoms. The van der Waals surface area contributed by atoms with Gasteiger partial charge in [-0.05, 0) is 30.4 Å². The van der Waals surface area contributed by atoms with E-state index in [0.29, 0.717) is 5.75 Å². The third kappa shape index (κ3) is 2.34. The summed E-state index contributed by atoms with van der Waals surface area (Å²) in [6, 6.07) is 5.38. The fraction of sp³-hybridized carbons (Fsp3) is 0.200. The first kappa shape index (κ1) is 12.1. The smallest absolute Gasteiger partial charge is 0.410 e. The monoisotopic (exact) mass is 315 g/mol. The molecule has 0 saturated carbocycles. The van der Waals surface area contributed by atoms with Gasteiger partial charge in [-0.2, -0.15) is 0 Å². The number of nitrogens with two attached hydrogens (primary N) is 1. The number of benzene rings is 1. The van der Waals surface area contributed by atoms with Gasteiger partial charge in [-0.3, -0.25) is 4.90 Å². The zero-order valence-electron chi connectivity index (χ0n) is 8.94. The highest BCUT2D eigenvalue weighted by molar-refractivity contribution is 9.10. The molecule has 1 aliphatic rings. The van der Waals surface area contributed by atoms with E-state index in [0.717, 1.165) is 10.0 Å². The molecule has 1 amide bonds. The summed E-state index contributed by atoms with van der Waals surface area (Å²) in [4.78, 5) is 13.0. The Bertz CT molecular complexity index is 494. The van der Waals surface area contributed by atoms with Crippen LogP contribution in [-0.2, 0) is 0 Å². The van der Waals surface area contributed by atoms with E-state index < -0.39 is 12.3 Å². The maximum absolute atomic E-state index is 11.6. The molecule has 90 valence electrons. The molecule has 3 N–H and O–H groups in total. The lowest BCUT2D eigenvalue weighted by molar-refractivity contribution is 0.127. The minimum Gasteiger partial charge on any atom is -0.410 e. The molecule has 1 atom stereocenters. The van der Waals surface area contributed by atoms with Crippen LogP contribution in [-0.4, -0.2) is 23.2 Å². The molecule has 5 nitrogen and oxygen atoms in total. The zero-order chi connectivity index (χ0) is 12.6. The summed E-state index contributed by atoms with van der Waals surface area (Å²) in [6.45, 7) is 0. The number of hydrogen-bond acceptors (Lipinski definition) is 3. The first-order valence-electron chi connectivity index (χ1n) is 4.79. The number of carbonyl (C=O) groups excluding carboxylic acids is 1. The van der Waals surface area contributed by atoms with Crippen LogP contribution < -0.4 is 15.8 Å². The maximum Gasteiger partial charge on any atom is 0.416 e. The van der Waals surface area contributed by atoms with Crippen molar-refractivity contribution in [2.24, 2.45) is 5.73 Å². The number of thiocarbonyl (C=S) groups is 1. The molecule has 1 aromatic rings. The first-order valence-corrected chi connectivity index (χ1v) is 5.99. The van der Waals surface area contributed by atoms with Crippen molar-refractivity contribution in [2.45, 2.75) is 6.17 Å². The Kier molecular flexibility index (Phi) is 3.21. The number of nitrogens with zero attached hydrogens (tertiary/aromatic N) is 1. The minimum atomic E-state index is -0.450. The van der Waals surface area contributed by atoms with Crippen molar-refractivity contribution >= 4 is 39.4 Å². The summed E-state index contributed by atoms with van der Waals surface area (Å²) >= 11 is 8.17. The molecule has 1 unspecified atom stereocenters. The summed E-state index contributed by atoms with van der Waals surface area (Å²) in [6.07, 6.45) is -0.866. The average molecular weight is 316 g/mol. The molecule has 0 aliphatic carbocycles. The molecule has 0 aromatic heterocycles. The fourth-order valence-corrected chi connectivity index (χ4v) is 2.11. The SMILES string of the molecule is CN1C(=O)Oc2ccc(Br)cc2C1NC(N)=S. The van der Waals surface area contributed by atoms with Gasteiger partial charge in [-0.15, -0.1) is 0 Å². The quantitative estimate of drug-likeness (QED) is 0.772. The van der Waals surface area contributed by atoms with Gasteiger partial charge in [-0.1, -0.05) is 15.9 Å². The van der Waals surface area contributed by atoms with E-state index in [2.05, 4.69) is 21.2 Å². The highest BCUT2D eigenvalue weighted by atomic mass is 79.9. The highest BCUT2D eigenvalue weighted by Gasteiger charge is 2.31. The second kappa shape index (κ2) is 4.50. The summed E-state index contributed by atoms with van der Waals surface area (Å²) in [5.74, 6) is 0.505. The van der Waals surface area contributed by atoms with E-state index in [-0.39, 0.29) is 5.11 Å². The number of fused-ring (bicyclic) bond motifs is 1. The molecule has 1 aliphatic heterocycles. The van der Waals surface area contributed by atoms with Crippen molar-refractivity contribution < 1.29 is 9.53 Å². The van der Waals surface area contributed by atoms with Crippen LogP contribution in [0.4, 0.5) is 4.79 Å². The lowest BCUT2D eigenvalue weighted by Crippen LogP contribution is -2.47. The van der Waals surface area contributed by atoms with Crippen LogP contribution in [0.2, 0.25) is 0 Å². The van der Waals surface area contributed by atoms with Crippen molar-refractivity contribution in [1.82, 2.24) is 10.2 Å². The molecular formula is C10H10BrN3O2S.